The molecule has 0 radical (unpaired) electrons. The molecule has 1 aliphatic rings. The number of β-amino-alcohol motifs (C(OH)–C–C–N with tert-alkyl or cyclic N) is 1. The van der Waals surface area contributed by atoms with Gasteiger partial charge in [-0.1, -0.05) is 0 Å². The lowest BCUT2D eigenvalue weighted by atomic mass is 10.2. The van der Waals surface area contributed by atoms with E-state index in [2.05, 4.69) is 9.97 Å². The monoisotopic (exact) mass is 176 g/mol. The standard InChI is InChI=1S/C8H8N4O/c9-3-7-10-2-1-8(11-7)12-4-6(13)5-12/h1-2,6,13H,4-5H2. The van der Waals surface area contributed by atoms with Crippen molar-refractivity contribution in [2.24, 2.45) is 0 Å². The molecule has 0 amide bonds. The van der Waals surface area contributed by atoms with Gasteiger partial charge in [-0.2, -0.15) is 5.26 Å². The quantitative estimate of drug-likeness (QED) is 0.626. The van der Waals surface area contributed by atoms with Gasteiger partial charge in [-0.15, -0.1) is 0 Å². The van der Waals surface area contributed by atoms with E-state index < -0.39 is 0 Å². The van der Waals surface area contributed by atoms with E-state index in [0.29, 0.717) is 18.9 Å². The molecule has 0 spiro atoms. The van der Waals surface area contributed by atoms with Crippen LogP contribution in [0.2, 0.25) is 0 Å². The van der Waals surface area contributed by atoms with E-state index in [1.165, 1.54) is 0 Å². The molecule has 0 bridgehead atoms. The third-order valence-corrected chi connectivity index (χ3v) is 1.93. The van der Waals surface area contributed by atoms with Crippen LogP contribution in [0.3, 0.4) is 0 Å². The lowest BCUT2D eigenvalue weighted by molar-refractivity contribution is 0.141. The van der Waals surface area contributed by atoms with E-state index >= 15 is 0 Å². The molecule has 1 saturated heterocycles. The van der Waals surface area contributed by atoms with Gasteiger partial charge in [0.1, 0.15) is 11.9 Å². The first-order valence-electron chi connectivity index (χ1n) is 3.96. The van der Waals surface area contributed by atoms with E-state index in [9.17, 15) is 0 Å². The Morgan fingerprint density at radius 1 is 1.62 bits per heavy atom. The summed E-state index contributed by atoms with van der Waals surface area (Å²) in [7, 11) is 0. The smallest absolute Gasteiger partial charge is 0.234 e. The van der Waals surface area contributed by atoms with Crippen LogP contribution in [0.15, 0.2) is 12.3 Å². The molecule has 1 aromatic heterocycles. The number of hydrogen-bond donors (Lipinski definition) is 1. The van der Waals surface area contributed by atoms with Crippen molar-refractivity contribution in [1.29, 1.82) is 5.26 Å². The molecule has 0 unspecified atom stereocenters. The second-order valence-electron chi connectivity index (χ2n) is 2.91. The van der Waals surface area contributed by atoms with Gasteiger partial charge in [0.2, 0.25) is 5.82 Å². The number of nitriles is 1. The highest BCUT2D eigenvalue weighted by Crippen LogP contribution is 2.17. The molecule has 1 aromatic rings. The summed E-state index contributed by atoms with van der Waals surface area (Å²) in [6.45, 7) is 1.17. The van der Waals surface area contributed by atoms with Gasteiger partial charge in [0.25, 0.3) is 0 Å². The van der Waals surface area contributed by atoms with Crippen molar-refractivity contribution in [1.82, 2.24) is 9.97 Å². The first kappa shape index (κ1) is 7.95. The molecular formula is C8H8N4O. The van der Waals surface area contributed by atoms with E-state index in [0.717, 1.165) is 0 Å². The highest BCUT2D eigenvalue weighted by molar-refractivity contribution is 5.42. The minimum atomic E-state index is -0.263. The zero-order valence-corrected chi connectivity index (χ0v) is 6.88. The lowest BCUT2D eigenvalue weighted by Gasteiger charge is -2.36. The molecule has 2 heterocycles. The molecule has 0 aliphatic carbocycles. The molecule has 66 valence electrons. The maximum absolute atomic E-state index is 9.06. The Bertz CT molecular complexity index is 353. The van der Waals surface area contributed by atoms with E-state index in [4.69, 9.17) is 10.4 Å². The van der Waals surface area contributed by atoms with Crippen molar-refractivity contribution in [3.8, 4) is 6.07 Å². The Morgan fingerprint density at radius 2 is 2.38 bits per heavy atom. The molecule has 5 nitrogen and oxygen atoms in total. The number of hydrogen-bond acceptors (Lipinski definition) is 5. The Balaban J connectivity index is 2.18. The van der Waals surface area contributed by atoms with Crippen LogP contribution in [0.1, 0.15) is 5.82 Å². The molecule has 1 aliphatic heterocycles. The van der Waals surface area contributed by atoms with E-state index in [1.54, 1.807) is 12.3 Å². The number of rotatable bonds is 1. The molecule has 2 rings (SSSR count). The molecule has 5 heteroatoms. The fourth-order valence-electron chi connectivity index (χ4n) is 1.22. The highest BCUT2D eigenvalue weighted by Gasteiger charge is 2.25. The Morgan fingerprint density at radius 3 is 3.00 bits per heavy atom. The predicted molar refractivity (Wildman–Crippen MR) is 45.0 cm³/mol. The third-order valence-electron chi connectivity index (χ3n) is 1.93. The maximum Gasteiger partial charge on any atom is 0.234 e. The first-order valence-corrected chi connectivity index (χ1v) is 3.96. The van der Waals surface area contributed by atoms with Gasteiger partial charge in [-0.05, 0) is 6.07 Å². The van der Waals surface area contributed by atoms with Crippen LogP contribution in [0, 0.1) is 11.3 Å². The summed E-state index contributed by atoms with van der Waals surface area (Å²) in [6.07, 6.45) is 1.28. The van der Waals surface area contributed by atoms with Crippen LogP contribution in [-0.4, -0.2) is 34.3 Å². The van der Waals surface area contributed by atoms with E-state index in [1.807, 2.05) is 11.0 Å². The van der Waals surface area contributed by atoms with Crippen molar-refractivity contribution in [3.05, 3.63) is 18.1 Å². The van der Waals surface area contributed by atoms with Crippen LogP contribution < -0.4 is 4.90 Å². The minimum absolute atomic E-state index is 0.166. The summed E-state index contributed by atoms with van der Waals surface area (Å²) >= 11 is 0. The Labute approximate surface area is 75.3 Å². The topological polar surface area (TPSA) is 73.0 Å². The van der Waals surface area contributed by atoms with E-state index in [-0.39, 0.29) is 11.9 Å². The average Bonchev–Trinajstić information content (AvgIpc) is 2.13. The summed E-state index contributed by atoms with van der Waals surface area (Å²) in [5.41, 5.74) is 0. The van der Waals surface area contributed by atoms with Gasteiger partial charge in [0, 0.05) is 19.3 Å². The molecule has 0 aromatic carbocycles. The van der Waals surface area contributed by atoms with Crippen molar-refractivity contribution in [3.63, 3.8) is 0 Å². The normalized spacial score (nSPS) is 16.5. The zero-order valence-electron chi connectivity index (χ0n) is 6.88. The molecule has 0 saturated carbocycles. The summed E-state index contributed by atoms with van der Waals surface area (Å²) in [5, 5.41) is 17.6. The van der Waals surface area contributed by atoms with Gasteiger partial charge in [-0.25, -0.2) is 9.97 Å². The van der Waals surface area contributed by atoms with Crippen molar-refractivity contribution < 1.29 is 5.11 Å². The summed E-state index contributed by atoms with van der Waals surface area (Å²) in [4.78, 5) is 9.64. The van der Waals surface area contributed by atoms with Gasteiger partial charge in [0.15, 0.2) is 0 Å². The minimum Gasteiger partial charge on any atom is -0.389 e. The predicted octanol–water partition coefficient (Wildman–Crippen LogP) is -0.471. The van der Waals surface area contributed by atoms with Crippen LogP contribution in [-0.2, 0) is 0 Å². The number of anilines is 1. The number of aromatic nitrogens is 2. The zero-order chi connectivity index (χ0) is 9.26. The second kappa shape index (κ2) is 2.99. The summed E-state index contributed by atoms with van der Waals surface area (Å²) in [6, 6.07) is 3.60. The number of nitrogens with zero attached hydrogens (tertiary/aromatic N) is 4. The van der Waals surface area contributed by atoms with Gasteiger partial charge in [-0.3, -0.25) is 0 Å². The van der Waals surface area contributed by atoms with Crippen molar-refractivity contribution in [2.75, 3.05) is 18.0 Å². The summed E-state index contributed by atoms with van der Waals surface area (Å²) in [5.74, 6) is 0.871. The van der Waals surface area contributed by atoms with Crippen molar-refractivity contribution >= 4 is 5.82 Å². The first-order chi connectivity index (χ1) is 6.29. The largest absolute Gasteiger partial charge is 0.389 e. The van der Waals surface area contributed by atoms with Crippen LogP contribution >= 0.6 is 0 Å². The number of aliphatic hydroxyl groups excluding tert-OH is 1. The van der Waals surface area contributed by atoms with Gasteiger partial charge >= 0.3 is 0 Å². The summed E-state index contributed by atoms with van der Waals surface area (Å²) < 4.78 is 0. The number of aliphatic hydroxyl groups is 1. The van der Waals surface area contributed by atoms with Crippen LogP contribution in [0.4, 0.5) is 5.82 Å². The molecule has 1 fully saturated rings. The molecular weight excluding hydrogens is 168 g/mol. The second-order valence-corrected chi connectivity index (χ2v) is 2.91. The highest BCUT2D eigenvalue weighted by atomic mass is 16.3. The van der Waals surface area contributed by atoms with Crippen LogP contribution in [0.5, 0.6) is 0 Å². The fourth-order valence-corrected chi connectivity index (χ4v) is 1.22. The Hall–Kier alpha value is -1.67. The van der Waals surface area contributed by atoms with Gasteiger partial charge in [0.05, 0.1) is 6.10 Å². The van der Waals surface area contributed by atoms with Gasteiger partial charge < -0.3 is 10.0 Å². The third kappa shape index (κ3) is 1.44. The molecule has 0 atom stereocenters. The Kier molecular flexibility index (Phi) is 1.83. The van der Waals surface area contributed by atoms with Crippen molar-refractivity contribution in [2.45, 2.75) is 6.10 Å². The molecule has 1 N–H and O–H groups in total. The van der Waals surface area contributed by atoms with Crippen LogP contribution in [0.25, 0.3) is 0 Å². The fraction of sp³-hybridized carbons (Fsp3) is 0.375. The lowest BCUT2D eigenvalue weighted by Crippen LogP contribution is -2.51. The average molecular weight is 176 g/mol. The SMILES string of the molecule is N#Cc1nccc(N2CC(O)C2)n1. The maximum atomic E-state index is 9.06. The molecule has 13 heavy (non-hydrogen) atoms.